The number of carbonyl (C=O) groups is 4. The molecule has 8 nitrogen and oxygen atoms in total. The molecule has 1 saturated carbocycles. The van der Waals surface area contributed by atoms with Crippen molar-refractivity contribution < 1.29 is 24.3 Å². The van der Waals surface area contributed by atoms with E-state index >= 15 is 0 Å². The zero-order valence-corrected chi connectivity index (χ0v) is 15.4. The molecule has 2 atom stereocenters. The molecule has 1 aliphatic carbocycles. The van der Waals surface area contributed by atoms with Crippen molar-refractivity contribution in [3.05, 3.63) is 0 Å². The fourth-order valence-corrected chi connectivity index (χ4v) is 4.64. The van der Waals surface area contributed by atoms with Crippen LogP contribution in [0.15, 0.2) is 0 Å². The molecule has 2 heterocycles. The van der Waals surface area contributed by atoms with Crippen LogP contribution in [0.5, 0.6) is 0 Å². The Morgan fingerprint density at radius 3 is 2.42 bits per heavy atom. The van der Waals surface area contributed by atoms with E-state index in [0.29, 0.717) is 25.8 Å². The second-order valence-electron chi connectivity index (χ2n) is 8.00. The number of likely N-dealkylation sites (N-methyl/N-ethyl adjacent to an activating group) is 1. The van der Waals surface area contributed by atoms with Gasteiger partial charge in [-0.25, -0.2) is 4.79 Å². The predicted molar refractivity (Wildman–Crippen MR) is 92.2 cm³/mol. The van der Waals surface area contributed by atoms with Crippen molar-refractivity contribution in [2.45, 2.75) is 51.0 Å². The van der Waals surface area contributed by atoms with E-state index in [2.05, 4.69) is 0 Å². The van der Waals surface area contributed by atoms with Gasteiger partial charge in [-0.05, 0) is 25.2 Å². The van der Waals surface area contributed by atoms with Gasteiger partial charge < -0.3 is 14.9 Å². The van der Waals surface area contributed by atoms with Gasteiger partial charge in [0.1, 0.15) is 12.1 Å². The monoisotopic (exact) mass is 365 g/mol. The van der Waals surface area contributed by atoms with Crippen molar-refractivity contribution in [3.63, 3.8) is 0 Å². The number of likely N-dealkylation sites (tertiary alicyclic amines) is 1. The maximum absolute atomic E-state index is 13.0. The van der Waals surface area contributed by atoms with E-state index in [0.717, 1.165) is 24.2 Å². The number of imide groups is 1. The summed E-state index contributed by atoms with van der Waals surface area (Å²) in [5.74, 6) is -2.07. The van der Waals surface area contributed by atoms with Gasteiger partial charge in [0.05, 0.1) is 5.92 Å². The Hall–Kier alpha value is -2.12. The summed E-state index contributed by atoms with van der Waals surface area (Å²) in [5.41, 5.74) is -0.797. The molecule has 4 amide bonds. The van der Waals surface area contributed by atoms with Crippen molar-refractivity contribution in [1.29, 1.82) is 0 Å². The molecule has 3 aliphatic rings. The number of aliphatic carboxylic acids is 1. The summed E-state index contributed by atoms with van der Waals surface area (Å²) in [4.78, 5) is 53.6. The van der Waals surface area contributed by atoms with Crippen LogP contribution < -0.4 is 0 Å². The molecule has 0 aromatic carbocycles. The highest BCUT2D eigenvalue weighted by atomic mass is 16.4. The Kier molecular flexibility index (Phi) is 4.94. The van der Waals surface area contributed by atoms with Crippen LogP contribution >= 0.6 is 0 Å². The van der Waals surface area contributed by atoms with E-state index in [9.17, 15) is 24.3 Å². The maximum atomic E-state index is 13.0. The summed E-state index contributed by atoms with van der Waals surface area (Å²) < 4.78 is 0. The van der Waals surface area contributed by atoms with Crippen molar-refractivity contribution in [2.24, 2.45) is 11.8 Å². The average molecular weight is 365 g/mol. The van der Waals surface area contributed by atoms with Crippen molar-refractivity contribution in [2.75, 3.05) is 26.7 Å². The summed E-state index contributed by atoms with van der Waals surface area (Å²) in [7, 11) is 1.64. The number of urea groups is 1. The smallest absolute Gasteiger partial charge is 0.327 e. The lowest BCUT2D eigenvalue weighted by molar-refractivity contribution is -0.148. The Morgan fingerprint density at radius 1 is 1.15 bits per heavy atom. The molecule has 2 aliphatic heterocycles. The zero-order chi connectivity index (χ0) is 19.1. The number of carboxylic acids is 1. The Labute approximate surface area is 153 Å². The van der Waals surface area contributed by atoms with E-state index in [1.165, 1.54) is 9.80 Å². The fraction of sp³-hybridized carbons (Fsp3) is 0.778. The second kappa shape index (κ2) is 6.89. The quantitative estimate of drug-likeness (QED) is 0.757. The van der Waals surface area contributed by atoms with E-state index in [4.69, 9.17) is 0 Å². The number of hydrogen-bond donors (Lipinski definition) is 1. The van der Waals surface area contributed by atoms with Gasteiger partial charge in [0, 0.05) is 20.1 Å². The molecule has 0 bridgehead atoms. The normalized spacial score (nSPS) is 28.8. The van der Waals surface area contributed by atoms with E-state index in [1.54, 1.807) is 7.05 Å². The molecule has 0 aromatic rings. The second-order valence-corrected chi connectivity index (χ2v) is 8.00. The minimum absolute atomic E-state index is 0.0751. The molecular weight excluding hydrogens is 338 g/mol. The Morgan fingerprint density at radius 2 is 1.81 bits per heavy atom. The van der Waals surface area contributed by atoms with E-state index in [-0.39, 0.29) is 30.8 Å². The first kappa shape index (κ1) is 18.7. The minimum atomic E-state index is -0.913. The van der Waals surface area contributed by atoms with Gasteiger partial charge >= 0.3 is 12.0 Å². The third-order valence-corrected chi connectivity index (χ3v) is 6.14. The number of nitrogens with zero attached hydrogens (tertiary/aromatic N) is 3. The van der Waals surface area contributed by atoms with Crippen LogP contribution in [0, 0.1) is 11.8 Å². The number of amides is 4. The summed E-state index contributed by atoms with van der Waals surface area (Å²) in [6.45, 7) is 2.20. The lowest BCUT2D eigenvalue weighted by Crippen LogP contribution is -2.51. The first-order valence-electron chi connectivity index (χ1n) is 9.36. The van der Waals surface area contributed by atoms with Gasteiger partial charge in [-0.15, -0.1) is 0 Å². The lowest BCUT2D eigenvalue weighted by atomic mass is 9.81. The molecule has 1 spiro atoms. The number of piperidine rings is 1. The number of hydrogen-bond acceptors (Lipinski definition) is 4. The molecular formula is C18H27N3O5. The first-order chi connectivity index (χ1) is 12.3. The van der Waals surface area contributed by atoms with E-state index < -0.39 is 23.5 Å². The van der Waals surface area contributed by atoms with Gasteiger partial charge in [0.2, 0.25) is 5.91 Å². The Bertz CT molecular complexity index is 628. The van der Waals surface area contributed by atoms with Gasteiger partial charge in [-0.3, -0.25) is 19.3 Å². The fourth-order valence-electron chi connectivity index (χ4n) is 4.64. The van der Waals surface area contributed by atoms with Crippen molar-refractivity contribution in [1.82, 2.24) is 14.7 Å². The van der Waals surface area contributed by atoms with Crippen LogP contribution in [0.1, 0.15) is 45.4 Å². The summed E-state index contributed by atoms with van der Waals surface area (Å²) in [6.07, 6.45) is 4.66. The van der Waals surface area contributed by atoms with Crippen LogP contribution in [0.25, 0.3) is 0 Å². The molecule has 3 rings (SSSR count). The highest BCUT2D eigenvalue weighted by molar-refractivity contribution is 6.09. The highest BCUT2D eigenvalue weighted by Gasteiger charge is 2.56. The van der Waals surface area contributed by atoms with Crippen LogP contribution in [0.3, 0.4) is 0 Å². The molecule has 8 heteroatoms. The molecule has 1 N–H and O–H groups in total. The summed E-state index contributed by atoms with van der Waals surface area (Å²) in [6, 6.07) is -0.426. The van der Waals surface area contributed by atoms with Crippen molar-refractivity contribution >= 4 is 23.8 Å². The molecule has 26 heavy (non-hydrogen) atoms. The number of rotatable bonds is 3. The Balaban J connectivity index is 1.72. The van der Waals surface area contributed by atoms with Gasteiger partial charge in [0.15, 0.2) is 0 Å². The number of carbonyl (C=O) groups excluding carboxylic acids is 3. The molecule has 144 valence electrons. The van der Waals surface area contributed by atoms with E-state index in [1.807, 2.05) is 6.92 Å². The van der Waals surface area contributed by atoms with Gasteiger partial charge in [-0.1, -0.05) is 26.2 Å². The lowest BCUT2D eigenvalue weighted by Gasteiger charge is -2.36. The molecule has 0 radical (unpaired) electrons. The standard InChI is InChI=1S/C18H27N3O5/c1-12-8-13(15(23)24)10-20(9-12)14(22)11-21-16(25)18(19(2)17(21)26)6-4-3-5-7-18/h12-13H,3-11H2,1-2H3,(H,23,24). The highest BCUT2D eigenvalue weighted by Crippen LogP contribution is 2.39. The molecule has 2 unspecified atom stereocenters. The van der Waals surface area contributed by atoms with Crippen LogP contribution in [-0.4, -0.2) is 75.8 Å². The topological polar surface area (TPSA) is 98.2 Å². The first-order valence-corrected chi connectivity index (χ1v) is 9.36. The zero-order valence-electron chi connectivity index (χ0n) is 15.4. The van der Waals surface area contributed by atoms with Crippen molar-refractivity contribution in [3.8, 4) is 0 Å². The molecule has 0 aromatic heterocycles. The van der Waals surface area contributed by atoms with Gasteiger partial charge in [-0.2, -0.15) is 0 Å². The number of carboxylic acid groups (broad SMARTS) is 1. The minimum Gasteiger partial charge on any atom is -0.481 e. The van der Waals surface area contributed by atoms with Crippen LogP contribution in [0.2, 0.25) is 0 Å². The summed E-state index contributed by atoms with van der Waals surface area (Å²) in [5, 5.41) is 9.26. The maximum Gasteiger partial charge on any atom is 0.327 e. The van der Waals surface area contributed by atoms with Gasteiger partial charge in [0.25, 0.3) is 5.91 Å². The molecule has 3 fully saturated rings. The SMILES string of the molecule is CC1CC(C(=O)O)CN(C(=O)CN2C(=O)N(C)C3(CCCCC3)C2=O)C1. The van der Waals surface area contributed by atoms with Crippen LogP contribution in [0.4, 0.5) is 4.79 Å². The van der Waals surface area contributed by atoms with Crippen LogP contribution in [-0.2, 0) is 14.4 Å². The summed E-state index contributed by atoms with van der Waals surface area (Å²) >= 11 is 0. The largest absolute Gasteiger partial charge is 0.481 e. The predicted octanol–water partition coefficient (Wildman–Crippen LogP) is 1.15. The third-order valence-electron chi connectivity index (χ3n) is 6.14. The average Bonchev–Trinajstić information content (AvgIpc) is 2.78. The molecule has 2 saturated heterocycles. The third kappa shape index (κ3) is 3.05.